The van der Waals surface area contributed by atoms with Gasteiger partial charge in [-0.25, -0.2) is 4.39 Å². The van der Waals surface area contributed by atoms with Gasteiger partial charge in [-0.15, -0.1) is 0 Å². The van der Waals surface area contributed by atoms with Crippen molar-refractivity contribution in [1.82, 2.24) is 14.4 Å². The van der Waals surface area contributed by atoms with Crippen LogP contribution < -0.4 is 20.7 Å². The van der Waals surface area contributed by atoms with E-state index in [1.54, 1.807) is 0 Å². The average molecular weight is 601 g/mol. The third-order valence-corrected chi connectivity index (χ3v) is 8.46. The molecule has 0 radical (unpaired) electrons. The number of likely N-dealkylation sites (N-methyl/N-ethyl adjacent to an activating group) is 2. The van der Waals surface area contributed by atoms with Crippen LogP contribution in [0.15, 0.2) is 53.5 Å². The molecule has 3 aromatic rings. The van der Waals surface area contributed by atoms with Crippen LogP contribution in [0, 0.1) is 5.82 Å². The van der Waals surface area contributed by atoms with Crippen LogP contribution in [-0.4, -0.2) is 86.2 Å². The van der Waals surface area contributed by atoms with E-state index >= 15 is 4.39 Å². The Labute approximate surface area is 248 Å². The number of anilines is 3. The summed E-state index contributed by atoms with van der Waals surface area (Å²) in [4.78, 5) is 34.0. The quantitative estimate of drug-likeness (QED) is 0.440. The SMILES string of the molecule is C[C@@H]1CN(c2cc(F)c(-c3ccc(N4CCN(C)CC4)cc3)cc2NC(=O)c2cn(C)c(=O)cc2C(F)(F)F)CCN1C. The van der Waals surface area contributed by atoms with E-state index in [2.05, 4.69) is 27.1 Å². The first-order valence-corrected chi connectivity index (χ1v) is 14.2. The van der Waals surface area contributed by atoms with Crippen LogP contribution in [0.4, 0.5) is 34.6 Å². The Bertz CT molecular complexity index is 1550. The number of aromatic nitrogens is 1. The maximum atomic E-state index is 15.8. The lowest BCUT2D eigenvalue weighted by Gasteiger charge is -2.39. The van der Waals surface area contributed by atoms with E-state index in [0.717, 1.165) is 42.6 Å². The molecule has 0 unspecified atom stereocenters. The van der Waals surface area contributed by atoms with E-state index in [-0.39, 0.29) is 17.3 Å². The molecule has 1 amide bonds. The zero-order chi connectivity index (χ0) is 31.1. The predicted molar refractivity (Wildman–Crippen MR) is 160 cm³/mol. The molecule has 3 heterocycles. The molecule has 0 aliphatic carbocycles. The largest absolute Gasteiger partial charge is 0.417 e. The zero-order valence-corrected chi connectivity index (χ0v) is 24.7. The van der Waals surface area contributed by atoms with Crippen LogP contribution in [0.1, 0.15) is 22.8 Å². The molecule has 2 aromatic carbocycles. The van der Waals surface area contributed by atoms with Gasteiger partial charge in [0.1, 0.15) is 5.82 Å². The highest BCUT2D eigenvalue weighted by Crippen LogP contribution is 2.37. The minimum absolute atomic E-state index is 0.127. The molecular formula is C31H36F4N6O2. The number of pyridine rings is 1. The third kappa shape index (κ3) is 6.54. The van der Waals surface area contributed by atoms with Gasteiger partial charge in [-0.3, -0.25) is 9.59 Å². The number of halogens is 4. The topological polar surface area (TPSA) is 64.1 Å². The lowest BCUT2D eigenvalue weighted by molar-refractivity contribution is -0.138. The smallest absolute Gasteiger partial charge is 0.369 e. The van der Waals surface area contributed by atoms with Crippen LogP contribution in [0.2, 0.25) is 0 Å². The molecule has 2 saturated heterocycles. The Morgan fingerprint density at radius 3 is 2.19 bits per heavy atom. The number of carbonyl (C=O) groups excluding carboxylic acids is 1. The summed E-state index contributed by atoms with van der Waals surface area (Å²) < 4.78 is 58.2. The van der Waals surface area contributed by atoms with Gasteiger partial charge in [0.25, 0.3) is 11.5 Å². The van der Waals surface area contributed by atoms with Crippen molar-refractivity contribution in [2.45, 2.75) is 19.1 Å². The average Bonchev–Trinajstić information content (AvgIpc) is 2.96. The number of nitrogens with one attached hydrogen (secondary N) is 1. The van der Waals surface area contributed by atoms with Crippen LogP contribution in [0.3, 0.4) is 0 Å². The van der Waals surface area contributed by atoms with E-state index in [9.17, 15) is 22.8 Å². The zero-order valence-electron chi connectivity index (χ0n) is 24.7. The second kappa shape index (κ2) is 12.0. The maximum Gasteiger partial charge on any atom is 0.417 e. The fourth-order valence-electron chi connectivity index (χ4n) is 5.56. The van der Waals surface area contributed by atoms with Gasteiger partial charge in [0.15, 0.2) is 0 Å². The molecule has 230 valence electrons. The molecule has 5 rings (SSSR count). The predicted octanol–water partition coefficient (Wildman–Crippen LogP) is 4.35. The van der Waals surface area contributed by atoms with Gasteiger partial charge in [0.05, 0.1) is 22.5 Å². The van der Waals surface area contributed by atoms with Crippen molar-refractivity contribution in [2.24, 2.45) is 7.05 Å². The number of aryl methyl sites for hydroxylation is 1. The highest BCUT2D eigenvalue weighted by molar-refractivity contribution is 6.07. The number of amides is 1. The summed E-state index contributed by atoms with van der Waals surface area (Å²) in [7, 11) is 5.34. The third-order valence-electron chi connectivity index (χ3n) is 8.46. The Balaban J connectivity index is 1.53. The van der Waals surface area contributed by atoms with Gasteiger partial charge in [0, 0.05) is 82.4 Å². The van der Waals surface area contributed by atoms with Crippen molar-refractivity contribution in [2.75, 3.05) is 75.0 Å². The van der Waals surface area contributed by atoms with Crippen LogP contribution in [0.5, 0.6) is 0 Å². The molecule has 1 N–H and O–H groups in total. The standard InChI is InChI=1S/C31H36F4N6O2/c1-20-18-41(14-11-38(20)3)28-17-26(32)23(21-5-7-22(8-6-21)40-12-9-37(2)10-13-40)15-27(28)36-30(43)24-19-39(4)29(42)16-25(24)31(33,34)35/h5-8,15-17,19-20H,9-14,18H2,1-4H3,(H,36,43)/t20-/m1/s1. The Morgan fingerprint density at radius 1 is 0.907 bits per heavy atom. The number of alkyl halides is 3. The Hall–Kier alpha value is -3.90. The van der Waals surface area contributed by atoms with Crippen LogP contribution in [0.25, 0.3) is 11.1 Å². The maximum absolute atomic E-state index is 15.8. The van der Waals surface area contributed by atoms with Gasteiger partial charge in [-0.2, -0.15) is 13.2 Å². The molecular weight excluding hydrogens is 564 g/mol. The van der Waals surface area contributed by atoms with Gasteiger partial charge in [0.2, 0.25) is 0 Å². The lowest BCUT2D eigenvalue weighted by Crippen LogP contribution is -2.50. The lowest BCUT2D eigenvalue weighted by atomic mass is 10.0. The van der Waals surface area contributed by atoms with E-state index in [1.165, 1.54) is 19.2 Å². The van der Waals surface area contributed by atoms with E-state index < -0.39 is 34.6 Å². The fraction of sp³-hybridized carbons (Fsp3) is 0.419. The van der Waals surface area contributed by atoms with Crippen LogP contribution in [-0.2, 0) is 13.2 Å². The van der Waals surface area contributed by atoms with Crippen LogP contribution >= 0.6 is 0 Å². The number of nitrogens with zero attached hydrogens (tertiary/aromatic N) is 5. The molecule has 1 atom stereocenters. The molecule has 0 saturated carbocycles. The minimum atomic E-state index is -4.92. The molecule has 0 bridgehead atoms. The number of benzene rings is 2. The first-order chi connectivity index (χ1) is 20.3. The molecule has 1 aromatic heterocycles. The molecule has 43 heavy (non-hydrogen) atoms. The second-order valence-corrected chi connectivity index (χ2v) is 11.5. The summed E-state index contributed by atoms with van der Waals surface area (Å²) in [5.74, 6) is -1.56. The molecule has 0 spiro atoms. The molecule has 2 aliphatic heterocycles. The number of piperazine rings is 2. The van der Waals surface area contributed by atoms with Crippen molar-refractivity contribution >= 4 is 23.0 Å². The summed E-state index contributed by atoms with van der Waals surface area (Å²) >= 11 is 0. The summed E-state index contributed by atoms with van der Waals surface area (Å²) in [5.41, 5.74) is -0.558. The highest BCUT2D eigenvalue weighted by atomic mass is 19.4. The van der Waals surface area contributed by atoms with Crippen molar-refractivity contribution in [3.05, 3.63) is 76.0 Å². The van der Waals surface area contributed by atoms with Crippen molar-refractivity contribution in [3.8, 4) is 11.1 Å². The van der Waals surface area contributed by atoms with E-state index in [4.69, 9.17) is 0 Å². The number of hydrogen-bond acceptors (Lipinski definition) is 6. The van der Waals surface area contributed by atoms with Crippen molar-refractivity contribution in [3.63, 3.8) is 0 Å². The number of hydrogen-bond donors (Lipinski definition) is 1. The monoisotopic (exact) mass is 600 g/mol. The first-order valence-electron chi connectivity index (χ1n) is 14.2. The Morgan fingerprint density at radius 2 is 1.56 bits per heavy atom. The van der Waals surface area contributed by atoms with Crippen molar-refractivity contribution < 1.29 is 22.4 Å². The summed E-state index contributed by atoms with van der Waals surface area (Å²) in [6, 6.07) is 10.8. The first kappa shape index (κ1) is 30.6. The van der Waals surface area contributed by atoms with E-state index in [0.29, 0.717) is 37.0 Å². The Kier molecular flexibility index (Phi) is 8.53. The second-order valence-electron chi connectivity index (χ2n) is 11.5. The van der Waals surface area contributed by atoms with Gasteiger partial charge < -0.3 is 29.5 Å². The summed E-state index contributed by atoms with van der Waals surface area (Å²) in [6.45, 7) is 7.42. The van der Waals surface area contributed by atoms with E-state index in [1.807, 2.05) is 43.1 Å². The molecule has 8 nitrogen and oxygen atoms in total. The van der Waals surface area contributed by atoms with Crippen molar-refractivity contribution in [1.29, 1.82) is 0 Å². The normalized spacial score (nSPS) is 18.7. The fourth-order valence-corrected chi connectivity index (χ4v) is 5.56. The summed E-state index contributed by atoms with van der Waals surface area (Å²) in [6.07, 6.45) is -4.05. The molecule has 2 aliphatic rings. The minimum Gasteiger partial charge on any atom is -0.369 e. The number of rotatable bonds is 5. The van der Waals surface area contributed by atoms with Gasteiger partial charge in [-0.05, 0) is 50.8 Å². The summed E-state index contributed by atoms with van der Waals surface area (Å²) in [5, 5.41) is 2.62. The van der Waals surface area contributed by atoms with Gasteiger partial charge >= 0.3 is 6.18 Å². The highest BCUT2D eigenvalue weighted by Gasteiger charge is 2.36. The molecule has 2 fully saturated rings. The molecule has 12 heteroatoms. The number of carbonyl (C=O) groups is 1. The van der Waals surface area contributed by atoms with Gasteiger partial charge in [-0.1, -0.05) is 12.1 Å².